The van der Waals surface area contributed by atoms with E-state index < -0.39 is 0 Å². The van der Waals surface area contributed by atoms with Crippen molar-refractivity contribution in [1.29, 1.82) is 0 Å². The van der Waals surface area contributed by atoms with Gasteiger partial charge in [-0.1, -0.05) is 0 Å². The van der Waals surface area contributed by atoms with E-state index in [0.717, 1.165) is 64.7 Å². The van der Waals surface area contributed by atoms with Gasteiger partial charge in [0.2, 0.25) is 0 Å². The van der Waals surface area contributed by atoms with E-state index in [4.69, 9.17) is 14.5 Å². The molecule has 1 fully saturated rings. The topological polar surface area (TPSA) is 58.1 Å². The van der Waals surface area contributed by atoms with Crippen molar-refractivity contribution in [3.05, 3.63) is 0 Å². The number of aliphatic imine (C=N–C) groups is 1. The maximum atomic E-state index is 5.50. The van der Waals surface area contributed by atoms with Crippen LogP contribution in [0.15, 0.2) is 4.99 Å². The number of guanidine groups is 1. The number of ether oxygens (including phenoxy) is 2. The Kier molecular flexibility index (Phi) is 8.64. The summed E-state index contributed by atoms with van der Waals surface area (Å²) in [5.41, 5.74) is 0.118. The molecule has 0 radical (unpaired) electrons. The van der Waals surface area contributed by atoms with Crippen LogP contribution in [0.4, 0.5) is 0 Å². The molecule has 1 saturated heterocycles. The van der Waals surface area contributed by atoms with Crippen molar-refractivity contribution in [3.8, 4) is 0 Å². The standard InChI is InChI=1S/C15H32N4O2/c1-5-16-14(17-9-6-10-20-4)18-13-15(19(2)3)7-11-21-12-8-15/h5-13H2,1-4H3,(H2,16,17,18). The number of hydrogen-bond acceptors (Lipinski definition) is 4. The second-order valence-corrected chi connectivity index (χ2v) is 5.70. The number of hydrogen-bond donors (Lipinski definition) is 2. The molecule has 2 N–H and O–H groups in total. The molecule has 0 saturated carbocycles. The van der Waals surface area contributed by atoms with E-state index >= 15 is 0 Å². The molecule has 6 heteroatoms. The Morgan fingerprint density at radius 1 is 1.29 bits per heavy atom. The lowest BCUT2D eigenvalue weighted by Crippen LogP contribution is -2.51. The molecule has 1 heterocycles. The lowest BCUT2D eigenvalue weighted by molar-refractivity contribution is -0.00254. The third kappa shape index (κ3) is 6.20. The van der Waals surface area contributed by atoms with E-state index in [0.29, 0.717) is 0 Å². The van der Waals surface area contributed by atoms with Crippen molar-refractivity contribution in [2.45, 2.75) is 31.7 Å². The lowest BCUT2D eigenvalue weighted by atomic mass is 9.89. The average Bonchev–Trinajstić information content (AvgIpc) is 2.50. The molecule has 1 aliphatic rings. The Morgan fingerprint density at radius 3 is 2.57 bits per heavy atom. The monoisotopic (exact) mass is 300 g/mol. The van der Waals surface area contributed by atoms with Crippen LogP contribution in [0.1, 0.15) is 26.2 Å². The molecule has 0 unspecified atom stereocenters. The molecule has 0 aliphatic carbocycles. The van der Waals surface area contributed by atoms with Gasteiger partial charge in [-0.3, -0.25) is 4.99 Å². The van der Waals surface area contributed by atoms with Crippen molar-refractivity contribution in [1.82, 2.24) is 15.5 Å². The maximum Gasteiger partial charge on any atom is 0.191 e. The first-order chi connectivity index (χ1) is 10.1. The highest BCUT2D eigenvalue weighted by Gasteiger charge is 2.34. The van der Waals surface area contributed by atoms with Crippen LogP contribution < -0.4 is 10.6 Å². The summed E-state index contributed by atoms with van der Waals surface area (Å²) in [4.78, 5) is 7.08. The van der Waals surface area contributed by atoms with Gasteiger partial charge in [-0.2, -0.15) is 0 Å². The van der Waals surface area contributed by atoms with Crippen molar-refractivity contribution in [3.63, 3.8) is 0 Å². The Balaban J connectivity index is 2.56. The van der Waals surface area contributed by atoms with Crippen molar-refractivity contribution >= 4 is 5.96 Å². The predicted octanol–water partition coefficient (Wildman–Crippen LogP) is 0.689. The highest BCUT2D eigenvalue weighted by Crippen LogP contribution is 2.26. The molecule has 21 heavy (non-hydrogen) atoms. The van der Waals surface area contributed by atoms with E-state index in [-0.39, 0.29) is 5.54 Å². The fraction of sp³-hybridized carbons (Fsp3) is 0.933. The normalized spacial score (nSPS) is 18.8. The Bertz CT molecular complexity index is 302. The van der Waals surface area contributed by atoms with E-state index in [2.05, 4.69) is 36.6 Å². The number of rotatable bonds is 8. The zero-order valence-electron chi connectivity index (χ0n) is 14.1. The highest BCUT2D eigenvalue weighted by atomic mass is 16.5. The first-order valence-corrected chi connectivity index (χ1v) is 7.91. The van der Waals surface area contributed by atoms with E-state index in [9.17, 15) is 0 Å². The summed E-state index contributed by atoms with van der Waals surface area (Å²) in [7, 11) is 6.00. The van der Waals surface area contributed by atoms with E-state index in [1.807, 2.05) is 0 Å². The van der Waals surface area contributed by atoms with Crippen molar-refractivity contribution in [2.75, 3.05) is 60.7 Å². The van der Waals surface area contributed by atoms with Gasteiger partial charge >= 0.3 is 0 Å². The summed E-state index contributed by atoms with van der Waals surface area (Å²) in [6.07, 6.45) is 3.05. The van der Waals surface area contributed by atoms with Crippen LogP contribution >= 0.6 is 0 Å². The third-order valence-electron chi connectivity index (χ3n) is 4.07. The average molecular weight is 300 g/mol. The van der Waals surface area contributed by atoms with Crippen LogP contribution in [0.3, 0.4) is 0 Å². The van der Waals surface area contributed by atoms with Crippen molar-refractivity contribution < 1.29 is 9.47 Å². The molecule has 1 aliphatic heterocycles. The molecule has 0 spiro atoms. The molecule has 6 nitrogen and oxygen atoms in total. The van der Waals surface area contributed by atoms with Gasteiger partial charge in [0.1, 0.15) is 0 Å². The fourth-order valence-corrected chi connectivity index (χ4v) is 2.49. The van der Waals surface area contributed by atoms with Crippen LogP contribution in [0, 0.1) is 0 Å². The van der Waals surface area contributed by atoms with Crippen LogP contribution in [0.2, 0.25) is 0 Å². The van der Waals surface area contributed by atoms with Gasteiger partial charge < -0.3 is 25.0 Å². The number of likely N-dealkylation sites (N-methyl/N-ethyl adjacent to an activating group) is 1. The van der Waals surface area contributed by atoms with Gasteiger partial charge in [0.05, 0.1) is 6.54 Å². The molecule has 1 rings (SSSR count). The second kappa shape index (κ2) is 9.97. The number of methoxy groups -OCH3 is 1. The zero-order valence-corrected chi connectivity index (χ0v) is 14.1. The summed E-state index contributed by atoms with van der Waals surface area (Å²) >= 11 is 0. The maximum absolute atomic E-state index is 5.50. The molecule has 0 amide bonds. The van der Waals surface area contributed by atoms with Crippen LogP contribution in [-0.2, 0) is 9.47 Å². The number of nitrogens with zero attached hydrogens (tertiary/aromatic N) is 2. The second-order valence-electron chi connectivity index (χ2n) is 5.70. The smallest absolute Gasteiger partial charge is 0.191 e. The fourth-order valence-electron chi connectivity index (χ4n) is 2.49. The third-order valence-corrected chi connectivity index (χ3v) is 4.07. The highest BCUT2D eigenvalue weighted by molar-refractivity contribution is 5.79. The largest absolute Gasteiger partial charge is 0.385 e. The van der Waals surface area contributed by atoms with Crippen LogP contribution in [0.5, 0.6) is 0 Å². The summed E-state index contributed by atoms with van der Waals surface area (Å²) in [5.74, 6) is 0.890. The molecule has 0 aromatic rings. The van der Waals surface area contributed by atoms with Gasteiger partial charge in [0, 0.05) is 45.6 Å². The predicted molar refractivity (Wildman–Crippen MR) is 86.9 cm³/mol. The lowest BCUT2D eigenvalue weighted by Gasteiger charge is -2.41. The molecule has 124 valence electrons. The minimum atomic E-state index is 0.118. The molecule has 0 bridgehead atoms. The summed E-state index contributed by atoms with van der Waals surface area (Å²) < 4.78 is 10.6. The first-order valence-electron chi connectivity index (χ1n) is 7.91. The summed E-state index contributed by atoms with van der Waals surface area (Å²) in [6.45, 7) is 7.04. The molecule has 0 atom stereocenters. The van der Waals surface area contributed by atoms with E-state index in [1.165, 1.54) is 0 Å². The van der Waals surface area contributed by atoms with E-state index in [1.54, 1.807) is 7.11 Å². The molecular formula is C15H32N4O2. The Labute approximate surface area is 129 Å². The molecule has 0 aromatic carbocycles. The first kappa shape index (κ1) is 18.2. The minimum absolute atomic E-state index is 0.118. The quantitative estimate of drug-likeness (QED) is 0.392. The summed E-state index contributed by atoms with van der Waals surface area (Å²) in [6, 6.07) is 0. The SMILES string of the molecule is CCNC(=NCC1(N(C)C)CCOCC1)NCCCOC. The van der Waals surface area contributed by atoms with Crippen LogP contribution in [0.25, 0.3) is 0 Å². The minimum Gasteiger partial charge on any atom is -0.385 e. The van der Waals surface area contributed by atoms with Crippen molar-refractivity contribution in [2.24, 2.45) is 4.99 Å². The van der Waals surface area contributed by atoms with Gasteiger partial charge in [-0.15, -0.1) is 0 Å². The Morgan fingerprint density at radius 2 is 2.00 bits per heavy atom. The van der Waals surface area contributed by atoms with Gasteiger partial charge in [-0.05, 0) is 40.3 Å². The van der Waals surface area contributed by atoms with Crippen LogP contribution in [-0.4, -0.2) is 77.1 Å². The van der Waals surface area contributed by atoms with Gasteiger partial charge in [0.25, 0.3) is 0 Å². The van der Waals surface area contributed by atoms with Gasteiger partial charge in [-0.25, -0.2) is 0 Å². The molecule has 0 aromatic heterocycles. The zero-order chi connectivity index (χ0) is 15.6. The molecular weight excluding hydrogens is 268 g/mol. The Hall–Kier alpha value is -0.850. The number of nitrogens with one attached hydrogen (secondary N) is 2. The van der Waals surface area contributed by atoms with Gasteiger partial charge in [0.15, 0.2) is 5.96 Å². The summed E-state index contributed by atoms with van der Waals surface area (Å²) in [5, 5.41) is 6.66.